The molecule has 1 rings (SSSR count). The van der Waals surface area contributed by atoms with Crippen LogP contribution in [-0.2, 0) is 0 Å². The fourth-order valence-corrected chi connectivity index (χ4v) is 1.16. The molecule has 0 saturated carbocycles. The lowest BCUT2D eigenvalue weighted by Crippen LogP contribution is -1.92. The summed E-state index contributed by atoms with van der Waals surface area (Å²) in [5.41, 5.74) is 1.08. The molecule has 0 saturated heterocycles. The summed E-state index contributed by atoms with van der Waals surface area (Å²) in [6, 6.07) is 5.62. The standard InChI is InChI=1S/C9H11ClO.C2H6/c1-3-11-9-5-4-8(10)6-7(9)2;1-2/h4-6H,3H2,1-2H3;1-2H3. The Morgan fingerprint density at radius 3 is 2.38 bits per heavy atom. The monoisotopic (exact) mass is 200 g/mol. The summed E-state index contributed by atoms with van der Waals surface area (Å²) in [7, 11) is 0. The second-order valence-corrected chi connectivity index (χ2v) is 2.78. The second kappa shape index (κ2) is 6.79. The topological polar surface area (TPSA) is 9.23 Å². The second-order valence-electron chi connectivity index (χ2n) is 2.34. The molecule has 2 heteroatoms. The highest BCUT2D eigenvalue weighted by Crippen LogP contribution is 2.21. The maximum atomic E-state index is 5.76. The largest absolute Gasteiger partial charge is 0.494 e. The van der Waals surface area contributed by atoms with E-state index in [1.54, 1.807) is 0 Å². The van der Waals surface area contributed by atoms with Gasteiger partial charge in [-0.2, -0.15) is 0 Å². The molecule has 0 unspecified atom stereocenters. The summed E-state index contributed by atoms with van der Waals surface area (Å²) < 4.78 is 5.33. The Labute approximate surface area is 85.7 Å². The number of aryl methyl sites for hydroxylation is 1. The van der Waals surface area contributed by atoms with Gasteiger partial charge in [-0.3, -0.25) is 0 Å². The zero-order chi connectivity index (χ0) is 10.3. The summed E-state index contributed by atoms with van der Waals surface area (Å²) in [5.74, 6) is 0.914. The highest BCUT2D eigenvalue weighted by molar-refractivity contribution is 6.30. The molecule has 0 amide bonds. The van der Waals surface area contributed by atoms with Crippen LogP contribution in [0.2, 0.25) is 5.02 Å². The quantitative estimate of drug-likeness (QED) is 0.699. The summed E-state index contributed by atoms with van der Waals surface area (Å²) in [6.45, 7) is 8.65. The lowest BCUT2D eigenvalue weighted by Gasteiger charge is -2.05. The fourth-order valence-electron chi connectivity index (χ4n) is 0.930. The van der Waals surface area contributed by atoms with E-state index in [1.807, 2.05) is 45.9 Å². The van der Waals surface area contributed by atoms with E-state index in [2.05, 4.69) is 0 Å². The van der Waals surface area contributed by atoms with E-state index in [1.165, 1.54) is 0 Å². The van der Waals surface area contributed by atoms with Crippen LogP contribution in [0.4, 0.5) is 0 Å². The number of benzene rings is 1. The first-order valence-corrected chi connectivity index (χ1v) is 5.00. The molecule has 13 heavy (non-hydrogen) atoms. The predicted molar refractivity (Wildman–Crippen MR) is 58.7 cm³/mol. The van der Waals surface area contributed by atoms with Crippen molar-refractivity contribution in [3.8, 4) is 5.75 Å². The lowest BCUT2D eigenvalue weighted by atomic mass is 10.2. The third-order valence-electron chi connectivity index (χ3n) is 1.44. The highest BCUT2D eigenvalue weighted by atomic mass is 35.5. The Morgan fingerprint density at radius 1 is 1.31 bits per heavy atom. The van der Waals surface area contributed by atoms with Gasteiger partial charge < -0.3 is 4.74 Å². The minimum Gasteiger partial charge on any atom is -0.494 e. The van der Waals surface area contributed by atoms with E-state index >= 15 is 0 Å². The van der Waals surface area contributed by atoms with Gasteiger partial charge in [0, 0.05) is 5.02 Å². The summed E-state index contributed by atoms with van der Waals surface area (Å²) in [5, 5.41) is 0.756. The van der Waals surface area contributed by atoms with Crippen molar-refractivity contribution >= 4 is 11.6 Å². The molecular formula is C11H17ClO. The van der Waals surface area contributed by atoms with Gasteiger partial charge >= 0.3 is 0 Å². The van der Waals surface area contributed by atoms with Crippen molar-refractivity contribution in [1.82, 2.24) is 0 Å². The molecule has 0 atom stereocenters. The van der Waals surface area contributed by atoms with Crippen molar-refractivity contribution in [3.05, 3.63) is 28.8 Å². The van der Waals surface area contributed by atoms with E-state index in [0.29, 0.717) is 6.61 Å². The van der Waals surface area contributed by atoms with Crippen molar-refractivity contribution in [3.63, 3.8) is 0 Å². The zero-order valence-electron chi connectivity index (χ0n) is 8.73. The predicted octanol–water partition coefficient (Wildman–Crippen LogP) is 4.07. The van der Waals surface area contributed by atoms with Gasteiger partial charge in [-0.05, 0) is 37.6 Å². The van der Waals surface area contributed by atoms with Crippen molar-refractivity contribution in [1.29, 1.82) is 0 Å². The Balaban J connectivity index is 0.000000671. The molecule has 0 N–H and O–H groups in total. The molecule has 1 nitrogen and oxygen atoms in total. The van der Waals surface area contributed by atoms with Crippen LogP contribution in [0.3, 0.4) is 0 Å². The molecule has 0 aromatic heterocycles. The lowest BCUT2D eigenvalue weighted by molar-refractivity contribution is 0.338. The van der Waals surface area contributed by atoms with Crippen LogP contribution in [0.1, 0.15) is 26.3 Å². The molecule has 0 spiro atoms. The first-order valence-electron chi connectivity index (χ1n) is 4.63. The van der Waals surface area contributed by atoms with Gasteiger partial charge in [-0.25, -0.2) is 0 Å². The maximum absolute atomic E-state index is 5.76. The van der Waals surface area contributed by atoms with Crippen LogP contribution in [0.5, 0.6) is 5.75 Å². The maximum Gasteiger partial charge on any atom is 0.122 e. The van der Waals surface area contributed by atoms with E-state index in [4.69, 9.17) is 16.3 Å². The van der Waals surface area contributed by atoms with Crippen LogP contribution in [0.25, 0.3) is 0 Å². The minimum absolute atomic E-state index is 0.697. The number of hydrogen-bond acceptors (Lipinski definition) is 1. The van der Waals surface area contributed by atoms with Crippen LogP contribution in [0.15, 0.2) is 18.2 Å². The Bertz CT molecular complexity index is 246. The third-order valence-corrected chi connectivity index (χ3v) is 1.67. The Hall–Kier alpha value is -0.690. The smallest absolute Gasteiger partial charge is 0.122 e. The summed E-state index contributed by atoms with van der Waals surface area (Å²) in [6.07, 6.45) is 0. The zero-order valence-corrected chi connectivity index (χ0v) is 9.48. The van der Waals surface area contributed by atoms with E-state index in [-0.39, 0.29) is 0 Å². The molecule has 74 valence electrons. The van der Waals surface area contributed by atoms with Gasteiger partial charge in [0.15, 0.2) is 0 Å². The van der Waals surface area contributed by atoms with Gasteiger partial charge in [0.25, 0.3) is 0 Å². The summed E-state index contributed by atoms with van der Waals surface area (Å²) >= 11 is 5.76. The van der Waals surface area contributed by atoms with Crippen molar-refractivity contribution < 1.29 is 4.74 Å². The SMILES string of the molecule is CC.CCOc1ccc(Cl)cc1C. The van der Waals surface area contributed by atoms with Crippen molar-refractivity contribution in [2.45, 2.75) is 27.7 Å². The molecule has 0 fully saturated rings. The molecule has 0 aliphatic rings. The van der Waals surface area contributed by atoms with Gasteiger partial charge in [-0.1, -0.05) is 25.4 Å². The number of rotatable bonds is 2. The molecule has 0 aliphatic carbocycles. The van der Waals surface area contributed by atoms with Crippen LogP contribution in [-0.4, -0.2) is 6.61 Å². The average molecular weight is 201 g/mol. The first-order chi connectivity index (χ1) is 6.24. The molecule has 1 aromatic carbocycles. The molecule has 0 aliphatic heterocycles. The van der Waals surface area contributed by atoms with Crippen molar-refractivity contribution in [2.24, 2.45) is 0 Å². The Kier molecular flexibility index (Phi) is 6.43. The van der Waals surface area contributed by atoms with Gasteiger partial charge in [0.2, 0.25) is 0 Å². The Morgan fingerprint density at radius 2 is 1.92 bits per heavy atom. The number of halogens is 1. The normalized spacial score (nSPS) is 8.69. The fraction of sp³-hybridized carbons (Fsp3) is 0.455. The van der Waals surface area contributed by atoms with E-state index < -0.39 is 0 Å². The first kappa shape index (κ1) is 12.3. The van der Waals surface area contributed by atoms with Crippen LogP contribution in [0, 0.1) is 6.92 Å². The molecule has 0 heterocycles. The molecule has 1 aromatic rings. The average Bonchev–Trinajstić information content (AvgIpc) is 2.14. The van der Waals surface area contributed by atoms with E-state index in [9.17, 15) is 0 Å². The summed E-state index contributed by atoms with van der Waals surface area (Å²) in [4.78, 5) is 0. The molecule has 0 radical (unpaired) electrons. The minimum atomic E-state index is 0.697. The van der Waals surface area contributed by atoms with Crippen LogP contribution < -0.4 is 4.74 Å². The van der Waals surface area contributed by atoms with Gasteiger partial charge in [-0.15, -0.1) is 0 Å². The third kappa shape index (κ3) is 4.18. The van der Waals surface area contributed by atoms with Gasteiger partial charge in [0.05, 0.1) is 6.61 Å². The highest BCUT2D eigenvalue weighted by Gasteiger charge is 1.97. The van der Waals surface area contributed by atoms with Crippen molar-refractivity contribution in [2.75, 3.05) is 6.61 Å². The number of hydrogen-bond donors (Lipinski definition) is 0. The molecular weight excluding hydrogens is 184 g/mol. The van der Waals surface area contributed by atoms with Gasteiger partial charge in [0.1, 0.15) is 5.75 Å². The van der Waals surface area contributed by atoms with Crippen LogP contribution >= 0.6 is 11.6 Å². The molecule has 0 bridgehead atoms. The van der Waals surface area contributed by atoms with E-state index in [0.717, 1.165) is 16.3 Å². The number of ether oxygens (including phenoxy) is 1.